The van der Waals surface area contributed by atoms with E-state index in [2.05, 4.69) is 20.9 Å². The molecular formula is C19H34N8O8. The van der Waals surface area contributed by atoms with Crippen LogP contribution in [0.4, 0.5) is 0 Å². The molecule has 0 spiro atoms. The summed E-state index contributed by atoms with van der Waals surface area (Å²) in [7, 11) is 0. The summed E-state index contributed by atoms with van der Waals surface area (Å²) in [4.78, 5) is 75.0. The molecule has 0 rings (SSSR count). The van der Waals surface area contributed by atoms with Crippen LogP contribution in [0.15, 0.2) is 4.99 Å². The first-order valence-electron chi connectivity index (χ1n) is 10.6. The van der Waals surface area contributed by atoms with Crippen LogP contribution in [0.2, 0.25) is 0 Å². The number of rotatable bonds is 16. The van der Waals surface area contributed by atoms with E-state index >= 15 is 0 Å². The number of carbonyl (C=O) groups is 6. The van der Waals surface area contributed by atoms with E-state index in [1.807, 2.05) is 0 Å². The largest absolute Gasteiger partial charge is 0.481 e. The number of hydrogen-bond acceptors (Lipinski definition) is 8. The Hall–Kier alpha value is -3.95. The molecule has 0 aromatic heterocycles. The Morgan fingerprint density at radius 2 is 1.40 bits per heavy atom. The van der Waals surface area contributed by atoms with E-state index in [1.165, 1.54) is 13.8 Å². The summed E-state index contributed by atoms with van der Waals surface area (Å²) in [5, 5.41) is 24.9. The number of aliphatic carboxylic acids is 2. The number of guanidine groups is 1. The van der Waals surface area contributed by atoms with Crippen LogP contribution in [0.1, 0.15) is 39.5 Å². The molecule has 0 aliphatic heterocycles. The molecule has 198 valence electrons. The maximum atomic E-state index is 12.7. The number of carbonyl (C=O) groups excluding carboxylic acids is 4. The Morgan fingerprint density at radius 1 is 0.829 bits per heavy atom. The second kappa shape index (κ2) is 15.0. The van der Waals surface area contributed by atoms with Gasteiger partial charge in [0.1, 0.15) is 18.1 Å². The Bertz CT molecular complexity index is 828. The lowest BCUT2D eigenvalue weighted by Crippen LogP contribution is -2.59. The van der Waals surface area contributed by atoms with Crippen LogP contribution in [0.25, 0.3) is 0 Å². The van der Waals surface area contributed by atoms with E-state index in [0.29, 0.717) is 6.42 Å². The summed E-state index contributed by atoms with van der Waals surface area (Å²) in [6.45, 7) is 3.28. The van der Waals surface area contributed by atoms with Crippen molar-refractivity contribution in [2.75, 3.05) is 6.54 Å². The minimum atomic E-state index is -1.63. The molecular weight excluding hydrogens is 468 g/mol. The van der Waals surface area contributed by atoms with Crippen molar-refractivity contribution in [1.82, 2.24) is 16.0 Å². The van der Waals surface area contributed by atoms with Gasteiger partial charge in [-0.1, -0.05) is 13.8 Å². The van der Waals surface area contributed by atoms with Gasteiger partial charge >= 0.3 is 11.9 Å². The molecule has 16 heteroatoms. The SMILES string of the molecule is CC(C)C(NC(=O)C(CC(=O)O)NC(=O)C(N)CCCN=C(N)N)C(=O)NC(CC(N)=O)C(=O)O. The predicted molar refractivity (Wildman–Crippen MR) is 122 cm³/mol. The highest BCUT2D eigenvalue weighted by molar-refractivity contribution is 5.96. The Balaban J connectivity index is 5.36. The molecule has 0 radical (unpaired) electrons. The van der Waals surface area contributed by atoms with Gasteiger partial charge in [0.15, 0.2) is 5.96 Å². The molecule has 4 atom stereocenters. The second-order valence-corrected chi connectivity index (χ2v) is 8.01. The molecule has 0 aliphatic carbocycles. The first-order chi connectivity index (χ1) is 16.1. The Kier molecular flexibility index (Phi) is 13.4. The van der Waals surface area contributed by atoms with Gasteiger partial charge in [0.05, 0.1) is 18.9 Å². The van der Waals surface area contributed by atoms with Gasteiger partial charge in [0, 0.05) is 6.54 Å². The van der Waals surface area contributed by atoms with E-state index in [1.54, 1.807) is 0 Å². The molecule has 4 amide bonds. The molecule has 4 unspecified atom stereocenters. The van der Waals surface area contributed by atoms with Crippen molar-refractivity contribution in [3.05, 3.63) is 0 Å². The van der Waals surface area contributed by atoms with Crippen molar-refractivity contribution in [1.29, 1.82) is 0 Å². The standard InChI is InChI=1S/C19H34N8O8/c1-8(2)14(17(33)26-11(18(34)35)6-12(21)28)27-16(32)10(7-13(29)30)25-15(31)9(20)4-3-5-24-19(22)23/h8-11,14H,3-7,20H2,1-2H3,(H2,21,28)(H,25,31)(H,26,33)(H,27,32)(H,29,30)(H,34,35)(H4,22,23,24). The van der Waals surface area contributed by atoms with Crippen LogP contribution >= 0.6 is 0 Å². The van der Waals surface area contributed by atoms with Gasteiger partial charge in [-0.15, -0.1) is 0 Å². The molecule has 16 nitrogen and oxygen atoms in total. The number of primary amides is 1. The summed E-state index contributed by atoms with van der Waals surface area (Å²) in [5.74, 6) is -7.38. The van der Waals surface area contributed by atoms with Crippen molar-refractivity contribution < 1.29 is 39.0 Å². The topological polar surface area (TPSA) is 295 Å². The summed E-state index contributed by atoms with van der Waals surface area (Å²) in [6, 6.07) is -5.63. The maximum absolute atomic E-state index is 12.7. The van der Waals surface area contributed by atoms with Crippen LogP contribution in [0, 0.1) is 5.92 Å². The third-order valence-corrected chi connectivity index (χ3v) is 4.58. The minimum absolute atomic E-state index is 0.130. The maximum Gasteiger partial charge on any atom is 0.326 e. The first-order valence-corrected chi connectivity index (χ1v) is 10.6. The molecule has 0 aromatic rings. The summed E-state index contributed by atoms with van der Waals surface area (Å²) >= 11 is 0. The van der Waals surface area contributed by atoms with E-state index in [-0.39, 0.29) is 18.9 Å². The number of hydrogen-bond donors (Lipinski definition) is 9. The molecule has 35 heavy (non-hydrogen) atoms. The lowest BCUT2D eigenvalue weighted by Gasteiger charge is -2.26. The number of carboxylic acids is 2. The van der Waals surface area contributed by atoms with Crippen LogP contribution in [0.3, 0.4) is 0 Å². The fourth-order valence-electron chi connectivity index (χ4n) is 2.76. The average molecular weight is 503 g/mol. The summed E-state index contributed by atoms with van der Waals surface area (Å²) in [5.41, 5.74) is 21.2. The van der Waals surface area contributed by atoms with Crippen LogP contribution in [-0.4, -0.2) is 82.5 Å². The number of carboxylic acid groups (broad SMARTS) is 2. The highest BCUT2D eigenvalue weighted by atomic mass is 16.4. The molecule has 0 aliphatic rings. The monoisotopic (exact) mass is 502 g/mol. The van der Waals surface area contributed by atoms with Crippen molar-refractivity contribution in [3.8, 4) is 0 Å². The Morgan fingerprint density at radius 3 is 1.86 bits per heavy atom. The fraction of sp³-hybridized carbons (Fsp3) is 0.632. The highest BCUT2D eigenvalue weighted by Gasteiger charge is 2.33. The Labute approximate surface area is 201 Å². The molecule has 0 bridgehead atoms. The third kappa shape index (κ3) is 12.8. The predicted octanol–water partition coefficient (Wildman–Crippen LogP) is -4.09. The van der Waals surface area contributed by atoms with Crippen molar-refractivity contribution in [2.45, 2.75) is 63.7 Å². The van der Waals surface area contributed by atoms with Gasteiger partial charge in [-0.3, -0.25) is 29.0 Å². The fourth-order valence-corrected chi connectivity index (χ4v) is 2.76. The zero-order valence-corrected chi connectivity index (χ0v) is 19.5. The van der Waals surface area contributed by atoms with E-state index in [9.17, 15) is 28.8 Å². The van der Waals surface area contributed by atoms with Crippen molar-refractivity contribution in [2.24, 2.45) is 33.8 Å². The van der Waals surface area contributed by atoms with E-state index in [4.69, 9.17) is 33.1 Å². The van der Waals surface area contributed by atoms with Gasteiger partial charge in [0.25, 0.3) is 0 Å². The smallest absolute Gasteiger partial charge is 0.326 e. The number of nitrogens with zero attached hydrogens (tertiary/aromatic N) is 1. The zero-order chi connectivity index (χ0) is 27.3. The molecule has 0 saturated heterocycles. The lowest BCUT2D eigenvalue weighted by atomic mass is 10.0. The quantitative estimate of drug-likeness (QED) is 0.0555. The molecule has 0 saturated carbocycles. The minimum Gasteiger partial charge on any atom is -0.481 e. The highest BCUT2D eigenvalue weighted by Crippen LogP contribution is 2.06. The van der Waals surface area contributed by atoms with Gasteiger partial charge in [-0.2, -0.15) is 0 Å². The average Bonchev–Trinajstić information content (AvgIpc) is 2.72. The summed E-state index contributed by atoms with van der Waals surface area (Å²) < 4.78 is 0. The number of nitrogens with two attached hydrogens (primary N) is 4. The van der Waals surface area contributed by atoms with Gasteiger partial charge in [-0.25, -0.2) is 4.79 Å². The normalized spacial score (nSPS) is 14.1. The third-order valence-electron chi connectivity index (χ3n) is 4.58. The number of nitrogens with one attached hydrogen (secondary N) is 3. The van der Waals surface area contributed by atoms with Crippen LogP contribution < -0.4 is 38.9 Å². The van der Waals surface area contributed by atoms with E-state index in [0.717, 1.165) is 0 Å². The van der Waals surface area contributed by atoms with Crippen molar-refractivity contribution >= 4 is 41.5 Å². The second-order valence-electron chi connectivity index (χ2n) is 8.01. The molecule has 13 N–H and O–H groups in total. The molecule has 0 fully saturated rings. The van der Waals surface area contributed by atoms with E-state index < -0.39 is 78.5 Å². The van der Waals surface area contributed by atoms with Crippen molar-refractivity contribution in [3.63, 3.8) is 0 Å². The number of aliphatic imine (C=N–C) groups is 1. The van der Waals surface area contributed by atoms with Gasteiger partial charge in [-0.05, 0) is 18.8 Å². The lowest BCUT2D eigenvalue weighted by molar-refractivity contribution is -0.144. The number of amides is 4. The van der Waals surface area contributed by atoms with Crippen LogP contribution in [0.5, 0.6) is 0 Å². The zero-order valence-electron chi connectivity index (χ0n) is 19.5. The van der Waals surface area contributed by atoms with Crippen LogP contribution in [-0.2, 0) is 28.8 Å². The van der Waals surface area contributed by atoms with Gasteiger partial charge in [0.2, 0.25) is 23.6 Å². The summed E-state index contributed by atoms with van der Waals surface area (Å²) in [6.07, 6.45) is -1.02. The molecule has 0 aromatic carbocycles. The van der Waals surface area contributed by atoms with Gasteiger partial charge < -0.3 is 49.1 Å². The molecule has 0 heterocycles. The first kappa shape index (κ1) is 31.0.